The van der Waals surface area contributed by atoms with Crippen molar-refractivity contribution in [2.24, 2.45) is 5.41 Å². The zero-order valence-electron chi connectivity index (χ0n) is 17.5. The molecule has 28 heavy (non-hydrogen) atoms. The van der Waals surface area contributed by atoms with Gasteiger partial charge >= 0.3 is 5.69 Å². The van der Waals surface area contributed by atoms with Crippen molar-refractivity contribution in [3.8, 4) is 0 Å². The second kappa shape index (κ2) is 8.33. The summed E-state index contributed by atoms with van der Waals surface area (Å²) in [4.78, 5) is 27.3. The van der Waals surface area contributed by atoms with Crippen LogP contribution in [0.15, 0.2) is 35.1 Å². The van der Waals surface area contributed by atoms with Gasteiger partial charge in [-0.3, -0.25) is 9.36 Å². The lowest BCUT2D eigenvalue weighted by molar-refractivity contribution is -0.134. The van der Waals surface area contributed by atoms with Crippen molar-refractivity contribution < 1.29 is 4.79 Å². The van der Waals surface area contributed by atoms with Crippen molar-refractivity contribution in [1.29, 1.82) is 0 Å². The van der Waals surface area contributed by atoms with Gasteiger partial charge in [-0.25, -0.2) is 9.48 Å². The third-order valence-electron chi connectivity index (χ3n) is 5.34. The standard InChI is InChI=1S/C22H32N4O2/c1-5-25-20(23-26(21(25)28)16-17-9-7-6-8-10-17)18-11-13-24(14-12-18)19(27)15-22(2,3)4/h6-10,18H,5,11-16H2,1-4H3. The molecule has 0 aliphatic carbocycles. The summed E-state index contributed by atoms with van der Waals surface area (Å²) in [5, 5.41) is 4.69. The van der Waals surface area contributed by atoms with E-state index in [1.807, 2.05) is 42.2 Å². The van der Waals surface area contributed by atoms with Gasteiger partial charge in [-0.15, -0.1) is 0 Å². The zero-order valence-corrected chi connectivity index (χ0v) is 17.5. The number of amides is 1. The Balaban J connectivity index is 1.71. The predicted molar refractivity (Wildman–Crippen MR) is 110 cm³/mol. The van der Waals surface area contributed by atoms with Gasteiger partial charge < -0.3 is 4.90 Å². The fraction of sp³-hybridized carbons (Fsp3) is 0.591. The average molecular weight is 385 g/mol. The highest BCUT2D eigenvalue weighted by atomic mass is 16.2. The number of nitrogens with zero attached hydrogens (tertiary/aromatic N) is 4. The number of piperidine rings is 1. The summed E-state index contributed by atoms with van der Waals surface area (Å²) in [6, 6.07) is 9.94. The van der Waals surface area contributed by atoms with Gasteiger partial charge in [0, 0.05) is 32.0 Å². The molecule has 0 atom stereocenters. The van der Waals surface area contributed by atoms with Crippen LogP contribution in [0.5, 0.6) is 0 Å². The number of hydrogen-bond acceptors (Lipinski definition) is 3. The second-order valence-corrected chi connectivity index (χ2v) is 8.92. The van der Waals surface area contributed by atoms with E-state index < -0.39 is 0 Å². The summed E-state index contributed by atoms with van der Waals surface area (Å²) in [5.74, 6) is 1.32. The lowest BCUT2D eigenvalue weighted by Crippen LogP contribution is -2.40. The Morgan fingerprint density at radius 2 is 1.79 bits per heavy atom. The SMILES string of the molecule is CCn1c(C2CCN(C(=O)CC(C)(C)C)CC2)nn(Cc2ccccc2)c1=O. The maximum absolute atomic E-state index is 12.8. The Hall–Kier alpha value is -2.37. The summed E-state index contributed by atoms with van der Waals surface area (Å²) in [6.07, 6.45) is 2.29. The molecule has 2 aromatic rings. The van der Waals surface area contributed by atoms with E-state index >= 15 is 0 Å². The summed E-state index contributed by atoms with van der Waals surface area (Å²) in [7, 11) is 0. The Morgan fingerprint density at radius 1 is 1.14 bits per heavy atom. The molecule has 1 aromatic carbocycles. The Labute approximate surface area is 167 Å². The number of carbonyl (C=O) groups is 1. The summed E-state index contributed by atoms with van der Waals surface area (Å²) < 4.78 is 3.37. The number of likely N-dealkylation sites (tertiary alicyclic amines) is 1. The van der Waals surface area contributed by atoms with Crippen molar-refractivity contribution in [3.63, 3.8) is 0 Å². The van der Waals surface area contributed by atoms with Crippen LogP contribution < -0.4 is 5.69 Å². The molecule has 0 radical (unpaired) electrons. The van der Waals surface area contributed by atoms with E-state index in [0.717, 1.165) is 37.3 Å². The number of aromatic nitrogens is 3. The van der Waals surface area contributed by atoms with E-state index in [1.54, 1.807) is 9.25 Å². The Bertz CT molecular complexity index is 853. The number of hydrogen-bond donors (Lipinski definition) is 0. The van der Waals surface area contributed by atoms with Crippen molar-refractivity contribution in [2.75, 3.05) is 13.1 Å². The lowest BCUT2D eigenvalue weighted by atomic mass is 9.90. The molecular weight excluding hydrogens is 352 g/mol. The van der Waals surface area contributed by atoms with Crippen molar-refractivity contribution in [1.82, 2.24) is 19.2 Å². The molecule has 1 fully saturated rings. The number of benzene rings is 1. The predicted octanol–water partition coefficient (Wildman–Crippen LogP) is 3.26. The molecule has 1 aliphatic heterocycles. The van der Waals surface area contributed by atoms with E-state index in [-0.39, 0.29) is 22.9 Å². The number of carbonyl (C=O) groups excluding carboxylic acids is 1. The van der Waals surface area contributed by atoms with Gasteiger partial charge in [-0.05, 0) is 30.7 Å². The first kappa shape index (κ1) is 20.4. The van der Waals surface area contributed by atoms with Gasteiger partial charge in [0.05, 0.1) is 6.54 Å². The molecular formula is C22H32N4O2. The molecule has 152 valence electrons. The minimum atomic E-state index is -0.0485. The smallest absolute Gasteiger partial charge is 0.343 e. The van der Waals surface area contributed by atoms with E-state index in [2.05, 4.69) is 20.8 Å². The van der Waals surface area contributed by atoms with Crippen LogP contribution in [0.3, 0.4) is 0 Å². The number of rotatable bonds is 5. The molecule has 0 bridgehead atoms. The summed E-state index contributed by atoms with van der Waals surface area (Å²) in [5.41, 5.74) is 1.03. The fourth-order valence-electron chi connectivity index (χ4n) is 3.87. The van der Waals surface area contributed by atoms with Crippen LogP contribution in [0.1, 0.15) is 64.3 Å². The maximum Gasteiger partial charge on any atom is 0.346 e. The maximum atomic E-state index is 12.8. The highest BCUT2D eigenvalue weighted by molar-refractivity contribution is 5.76. The van der Waals surface area contributed by atoms with E-state index in [4.69, 9.17) is 5.10 Å². The van der Waals surface area contributed by atoms with Gasteiger partial charge in [-0.2, -0.15) is 5.10 Å². The molecule has 2 heterocycles. The average Bonchev–Trinajstić information content (AvgIpc) is 2.97. The second-order valence-electron chi connectivity index (χ2n) is 8.92. The molecule has 1 saturated heterocycles. The van der Waals surface area contributed by atoms with Crippen LogP contribution in [-0.4, -0.2) is 38.2 Å². The third-order valence-corrected chi connectivity index (χ3v) is 5.34. The van der Waals surface area contributed by atoms with E-state index in [0.29, 0.717) is 19.5 Å². The van der Waals surface area contributed by atoms with Crippen molar-refractivity contribution >= 4 is 5.91 Å². The molecule has 6 nitrogen and oxygen atoms in total. The molecule has 0 spiro atoms. The molecule has 0 unspecified atom stereocenters. The first-order chi connectivity index (χ1) is 13.3. The van der Waals surface area contributed by atoms with Gasteiger partial charge in [0.2, 0.25) is 5.91 Å². The van der Waals surface area contributed by atoms with Crippen LogP contribution in [-0.2, 0) is 17.9 Å². The van der Waals surface area contributed by atoms with Crippen LogP contribution in [0.2, 0.25) is 0 Å². The van der Waals surface area contributed by atoms with Crippen molar-refractivity contribution in [2.45, 2.75) is 66.0 Å². The first-order valence-electron chi connectivity index (χ1n) is 10.3. The highest BCUT2D eigenvalue weighted by Crippen LogP contribution is 2.28. The minimum absolute atomic E-state index is 0.00678. The molecule has 0 saturated carbocycles. The van der Waals surface area contributed by atoms with Crippen LogP contribution >= 0.6 is 0 Å². The van der Waals surface area contributed by atoms with Gasteiger partial charge in [0.25, 0.3) is 0 Å². The highest BCUT2D eigenvalue weighted by Gasteiger charge is 2.29. The minimum Gasteiger partial charge on any atom is -0.343 e. The lowest BCUT2D eigenvalue weighted by Gasteiger charge is -2.33. The van der Waals surface area contributed by atoms with Gasteiger partial charge in [0.1, 0.15) is 5.82 Å². The Morgan fingerprint density at radius 3 is 2.36 bits per heavy atom. The quantitative estimate of drug-likeness (QED) is 0.795. The van der Waals surface area contributed by atoms with Crippen molar-refractivity contribution in [3.05, 3.63) is 52.2 Å². The first-order valence-corrected chi connectivity index (χ1v) is 10.3. The molecule has 1 aliphatic rings. The molecule has 0 N–H and O–H groups in total. The molecule has 1 amide bonds. The summed E-state index contributed by atoms with van der Waals surface area (Å²) in [6.45, 7) is 10.9. The topological polar surface area (TPSA) is 60.1 Å². The van der Waals surface area contributed by atoms with Crippen LogP contribution in [0, 0.1) is 5.41 Å². The molecule has 6 heteroatoms. The summed E-state index contributed by atoms with van der Waals surface area (Å²) >= 11 is 0. The van der Waals surface area contributed by atoms with Gasteiger partial charge in [0.15, 0.2) is 0 Å². The van der Waals surface area contributed by atoms with E-state index in [9.17, 15) is 9.59 Å². The molecule has 3 rings (SSSR count). The molecule has 1 aromatic heterocycles. The van der Waals surface area contributed by atoms with Crippen LogP contribution in [0.25, 0.3) is 0 Å². The fourth-order valence-corrected chi connectivity index (χ4v) is 3.87. The van der Waals surface area contributed by atoms with Crippen LogP contribution in [0.4, 0.5) is 0 Å². The van der Waals surface area contributed by atoms with E-state index in [1.165, 1.54) is 0 Å². The Kier molecular flexibility index (Phi) is 6.06. The largest absolute Gasteiger partial charge is 0.346 e. The normalized spacial score (nSPS) is 15.8. The monoisotopic (exact) mass is 384 g/mol. The third kappa shape index (κ3) is 4.72. The zero-order chi connectivity index (χ0) is 20.3. The van der Waals surface area contributed by atoms with Gasteiger partial charge in [-0.1, -0.05) is 51.1 Å².